The molecule has 0 radical (unpaired) electrons. The van der Waals surface area contributed by atoms with Gasteiger partial charge in [0.25, 0.3) is 11.6 Å². The van der Waals surface area contributed by atoms with Crippen LogP contribution in [0.2, 0.25) is 5.02 Å². The number of nitro groups is 1. The Morgan fingerprint density at radius 2 is 1.96 bits per heavy atom. The zero-order valence-electron chi connectivity index (χ0n) is 12.4. The number of hydrogen-bond acceptors (Lipinski definition) is 6. The Morgan fingerprint density at radius 3 is 2.76 bits per heavy atom. The first-order valence-corrected chi connectivity index (χ1v) is 9.06. The van der Waals surface area contributed by atoms with Gasteiger partial charge in [-0.1, -0.05) is 22.9 Å². The van der Waals surface area contributed by atoms with Crippen LogP contribution in [0.4, 0.5) is 10.8 Å². The third-order valence-electron chi connectivity index (χ3n) is 3.51. The van der Waals surface area contributed by atoms with Gasteiger partial charge in [-0.15, -0.1) is 11.3 Å². The van der Waals surface area contributed by atoms with Crippen molar-refractivity contribution in [3.8, 4) is 0 Å². The van der Waals surface area contributed by atoms with E-state index in [4.69, 9.17) is 11.6 Å². The number of non-ortho nitro benzene ring substituents is 1. The number of anilines is 1. The second-order valence-electron chi connectivity index (χ2n) is 5.18. The van der Waals surface area contributed by atoms with E-state index >= 15 is 0 Å². The van der Waals surface area contributed by atoms with Gasteiger partial charge in [0.05, 0.1) is 20.0 Å². The molecular weight excluding hydrogens is 382 g/mol. The van der Waals surface area contributed by atoms with Crippen molar-refractivity contribution >= 4 is 71.3 Å². The van der Waals surface area contributed by atoms with Crippen LogP contribution in [0.1, 0.15) is 9.67 Å². The van der Waals surface area contributed by atoms with Crippen LogP contribution in [0.15, 0.2) is 42.5 Å². The molecule has 0 fully saturated rings. The molecule has 6 nitrogen and oxygen atoms in total. The van der Waals surface area contributed by atoms with E-state index in [-0.39, 0.29) is 11.6 Å². The number of nitrogens with zero attached hydrogens (tertiary/aromatic N) is 2. The summed E-state index contributed by atoms with van der Waals surface area (Å²) < 4.78 is 1.70. The first-order valence-electron chi connectivity index (χ1n) is 7.05. The zero-order valence-corrected chi connectivity index (χ0v) is 14.7. The summed E-state index contributed by atoms with van der Waals surface area (Å²) in [4.78, 5) is 27.7. The van der Waals surface area contributed by atoms with Gasteiger partial charge in [0.2, 0.25) is 0 Å². The average molecular weight is 390 g/mol. The minimum absolute atomic E-state index is 0.000287. The molecule has 4 aromatic rings. The fourth-order valence-electron chi connectivity index (χ4n) is 2.37. The highest BCUT2D eigenvalue weighted by Crippen LogP contribution is 2.31. The average Bonchev–Trinajstić information content (AvgIpc) is 3.16. The topological polar surface area (TPSA) is 85.1 Å². The number of benzene rings is 2. The second kappa shape index (κ2) is 6.07. The number of rotatable bonds is 3. The molecule has 0 aliphatic carbocycles. The number of amides is 1. The predicted molar refractivity (Wildman–Crippen MR) is 101 cm³/mol. The van der Waals surface area contributed by atoms with Crippen molar-refractivity contribution in [2.24, 2.45) is 0 Å². The maximum atomic E-state index is 12.5. The van der Waals surface area contributed by atoms with E-state index in [0.29, 0.717) is 20.4 Å². The maximum absolute atomic E-state index is 12.5. The van der Waals surface area contributed by atoms with Crippen LogP contribution >= 0.6 is 34.3 Å². The molecule has 9 heteroatoms. The molecule has 0 atom stereocenters. The number of nitro benzene ring substituents is 1. The van der Waals surface area contributed by atoms with Gasteiger partial charge in [0.15, 0.2) is 5.13 Å². The summed E-state index contributed by atoms with van der Waals surface area (Å²) in [5, 5.41) is 15.4. The first-order chi connectivity index (χ1) is 12.0. The number of aromatic nitrogens is 1. The van der Waals surface area contributed by atoms with E-state index in [9.17, 15) is 14.9 Å². The maximum Gasteiger partial charge on any atom is 0.270 e. The van der Waals surface area contributed by atoms with Crippen molar-refractivity contribution in [2.75, 3.05) is 5.32 Å². The lowest BCUT2D eigenvalue weighted by Gasteiger charge is -1.96. The summed E-state index contributed by atoms with van der Waals surface area (Å²) in [6.07, 6.45) is 0. The highest BCUT2D eigenvalue weighted by atomic mass is 35.5. The Morgan fingerprint density at radius 1 is 1.12 bits per heavy atom. The molecule has 0 bridgehead atoms. The molecule has 2 aromatic carbocycles. The van der Waals surface area contributed by atoms with E-state index < -0.39 is 4.92 Å². The van der Waals surface area contributed by atoms with Crippen LogP contribution in [-0.2, 0) is 0 Å². The number of fused-ring (bicyclic) bond motifs is 2. The first kappa shape index (κ1) is 15.9. The molecule has 4 rings (SSSR count). The van der Waals surface area contributed by atoms with Crippen LogP contribution in [0.3, 0.4) is 0 Å². The fourth-order valence-corrected chi connectivity index (χ4v) is 4.44. The largest absolute Gasteiger partial charge is 0.297 e. The standard InChI is InChI=1S/C16H8ClN3O3S2/c17-9-1-3-11-13(7-9)25-16(18-11)19-15(21)14-6-8-5-10(20(22)23)2-4-12(8)24-14/h1-7H,(H,18,19,21). The lowest BCUT2D eigenvalue weighted by atomic mass is 10.2. The third kappa shape index (κ3) is 3.07. The molecule has 0 spiro atoms. The molecule has 2 aromatic heterocycles. The lowest BCUT2D eigenvalue weighted by molar-refractivity contribution is -0.384. The van der Waals surface area contributed by atoms with E-state index in [1.54, 1.807) is 30.3 Å². The van der Waals surface area contributed by atoms with Crippen molar-refractivity contribution in [2.45, 2.75) is 0 Å². The number of nitrogens with one attached hydrogen (secondary N) is 1. The number of hydrogen-bond donors (Lipinski definition) is 1. The summed E-state index contributed by atoms with van der Waals surface area (Å²) in [5.74, 6) is -0.297. The van der Waals surface area contributed by atoms with Crippen LogP contribution in [0, 0.1) is 10.1 Å². The van der Waals surface area contributed by atoms with Crippen LogP contribution in [0.5, 0.6) is 0 Å². The minimum atomic E-state index is -0.455. The van der Waals surface area contributed by atoms with Gasteiger partial charge in [0, 0.05) is 27.2 Å². The predicted octanol–water partition coefficient (Wildman–Crippen LogP) is 5.32. The Bertz CT molecular complexity index is 1150. The molecule has 0 unspecified atom stereocenters. The van der Waals surface area contributed by atoms with Gasteiger partial charge in [-0.2, -0.15) is 0 Å². The number of halogens is 1. The van der Waals surface area contributed by atoms with Crippen molar-refractivity contribution in [3.05, 3.63) is 62.5 Å². The third-order valence-corrected chi connectivity index (χ3v) is 5.79. The highest BCUT2D eigenvalue weighted by molar-refractivity contribution is 7.23. The molecule has 0 saturated heterocycles. The van der Waals surface area contributed by atoms with Gasteiger partial charge in [0.1, 0.15) is 0 Å². The normalized spacial score (nSPS) is 11.1. The minimum Gasteiger partial charge on any atom is -0.297 e. The molecule has 0 saturated carbocycles. The zero-order chi connectivity index (χ0) is 17.6. The number of carbonyl (C=O) groups excluding carboxylic acids is 1. The van der Waals surface area contributed by atoms with Crippen LogP contribution < -0.4 is 5.32 Å². The summed E-state index contributed by atoms with van der Waals surface area (Å²) in [7, 11) is 0. The Hall–Kier alpha value is -2.55. The quantitative estimate of drug-likeness (QED) is 0.379. The summed E-state index contributed by atoms with van der Waals surface area (Å²) in [6, 6.07) is 11.5. The van der Waals surface area contributed by atoms with Crippen molar-refractivity contribution in [1.29, 1.82) is 0 Å². The Labute approximate surface area is 153 Å². The summed E-state index contributed by atoms with van der Waals surface area (Å²) in [6.45, 7) is 0. The van der Waals surface area contributed by atoms with Gasteiger partial charge in [-0.25, -0.2) is 4.98 Å². The van der Waals surface area contributed by atoms with E-state index in [1.807, 2.05) is 0 Å². The van der Waals surface area contributed by atoms with E-state index in [2.05, 4.69) is 10.3 Å². The van der Waals surface area contributed by atoms with Crippen LogP contribution in [0.25, 0.3) is 20.3 Å². The lowest BCUT2D eigenvalue weighted by Crippen LogP contribution is -2.09. The Balaban J connectivity index is 1.63. The van der Waals surface area contributed by atoms with E-state index in [0.717, 1.165) is 14.9 Å². The molecule has 2 heterocycles. The number of carbonyl (C=O) groups is 1. The van der Waals surface area contributed by atoms with Gasteiger partial charge < -0.3 is 0 Å². The van der Waals surface area contributed by atoms with Gasteiger partial charge in [-0.3, -0.25) is 20.2 Å². The SMILES string of the molecule is O=C(Nc1nc2ccc(Cl)cc2s1)c1cc2cc([N+](=O)[O-])ccc2s1. The monoisotopic (exact) mass is 389 g/mol. The van der Waals surface area contributed by atoms with E-state index in [1.165, 1.54) is 34.8 Å². The van der Waals surface area contributed by atoms with Gasteiger partial charge in [-0.05, 0) is 30.3 Å². The van der Waals surface area contributed by atoms with Crippen molar-refractivity contribution < 1.29 is 9.72 Å². The molecule has 25 heavy (non-hydrogen) atoms. The highest BCUT2D eigenvalue weighted by Gasteiger charge is 2.15. The number of thiophene rings is 1. The molecule has 0 aliphatic rings. The van der Waals surface area contributed by atoms with Crippen molar-refractivity contribution in [1.82, 2.24) is 4.98 Å². The summed E-state index contributed by atoms with van der Waals surface area (Å²) >= 11 is 8.57. The molecule has 0 aliphatic heterocycles. The number of thiazole rings is 1. The van der Waals surface area contributed by atoms with Crippen LogP contribution in [-0.4, -0.2) is 15.8 Å². The second-order valence-corrected chi connectivity index (χ2v) is 7.73. The smallest absolute Gasteiger partial charge is 0.270 e. The van der Waals surface area contributed by atoms with Gasteiger partial charge >= 0.3 is 0 Å². The van der Waals surface area contributed by atoms with Crippen molar-refractivity contribution in [3.63, 3.8) is 0 Å². The molecular formula is C16H8ClN3O3S2. The fraction of sp³-hybridized carbons (Fsp3) is 0. The molecule has 124 valence electrons. The summed E-state index contributed by atoms with van der Waals surface area (Å²) in [5.41, 5.74) is 0.761. The molecule has 1 amide bonds. The Kier molecular flexibility index (Phi) is 3.87. The molecule has 1 N–H and O–H groups in total.